The molecule has 1 atom stereocenters. The summed E-state index contributed by atoms with van der Waals surface area (Å²) in [7, 11) is 1.77. The molecule has 0 spiro atoms. The van der Waals surface area contributed by atoms with Crippen LogP contribution >= 0.6 is 11.6 Å². The number of halogens is 1. The number of carbonyl (C=O) groups excluding carboxylic acids is 1. The number of hydrogen-bond acceptors (Lipinski definition) is 3. The summed E-state index contributed by atoms with van der Waals surface area (Å²) in [6, 6.07) is 5.46. The molecule has 5 nitrogen and oxygen atoms in total. The van der Waals surface area contributed by atoms with Crippen LogP contribution in [0.5, 0.6) is 5.75 Å². The van der Waals surface area contributed by atoms with Crippen LogP contribution in [0.25, 0.3) is 0 Å². The van der Waals surface area contributed by atoms with Gasteiger partial charge in [-0.1, -0.05) is 24.6 Å². The highest BCUT2D eigenvalue weighted by atomic mass is 35.5. The second-order valence-electron chi connectivity index (χ2n) is 5.45. The maximum Gasteiger partial charge on any atom is 0.277 e. The molecule has 0 saturated carbocycles. The normalized spacial score (nSPS) is 17.1. The number of ether oxygens (including phenoxy) is 1. The molecule has 3 rings (SSSR count). The fourth-order valence-corrected chi connectivity index (χ4v) is 2.93. The molecule has 1 aromatic heterocycles. The molecule has 1 aromatic carbocycles. The standard InChI is InChI=1S/C16H18ClN3O2/c1-4-11-9-20(13-7-5-6-12(17)15(13)22-11)16(21)14-10(2)8-18-19(14)3/h5-8,11H,4,9H2,1-3H3. The Labute approximate surface area is 134 Å². The number of aromatic nitrogens is 2. The van der Waals surface area contributed by atoms with E-state index in [2.05, 4.69) is 5.10 Å². The first-order valence-corrected chi connectivity index (χ1v) is 7.66. The first-order valence-electron chi connectivity index (χ1n) is 7.28. The van der Waals surface area contributed by atoms with Crippen molar-refractivity contribution < 1.29 is 9.53 Å². The summed E-state index contributed by atoms with van der Waals surface area (Å²) in [6.07, 6.45) is 2.44. The third kappa shape index (κ3) is 2.35. The van der Waals surface area contributed by atoms with Crippen molar-refractivity contribution in [1.82, 2.24) is 9.78 Å². The number of hydrogen-bond donors (Lipinski definition) is 0. The summed E-state index contributed by atoms with van der Waals surface area (Å²) in [4.78, 5) is 14.7. The molecule has 0 bridgehead atoms. The van der Waals surface area contributed by atoms with Gasteiger partial charge in [-0.15, -0.1) is 0 Å². The van der Waals surface area contributed by atoms with E-state index in [0.29, 0.717) is 28.7 Å². The van der Waals surface area contributed by atoms with E-state index in [1.165, 1.54) is 0 Å². The molecule has 1 aliphatic heterocycles. The fourth-order valence-electron chi connectivity index (χ4n) is 2.72. The summed E-state index contributed by atoms with van der Waals surface area (Å²) >= 11 is 6.24. The van der Waals surface area contributed by atoms with E-state index in [1.54, 1.807) is 28.9 Å². The smallest absolute Gasteiger partial charge is 0.277 e. The van der Waals surface area contributed by atoms with Crippen LogP contribution in [0.1, 0.15) is 29.4 Å². The van der Waals surface area contributed by atoms with E-state index in [9.17, 15) is 4.79 Å². The van der Waals surface area contributed by atoms with Crippen LogP contribution in [0.2, 0.25) is 5.02 Å². The van der Waals surface area contributed by atoms with Crippen molar-refractivity contribution in [2.45, 2.75) is 26.4 Å². The monoisotopic (exact) mass is 319 g/mol. The minimum Gasteiger partial charge on any atom is -0.485 e. The molecule has 1 aliphatic rings. The van der Waals surface area contributed by atoms with E-state index in [0.717, 1.165) is 12.0 Å². The van der Waals surface area contributed by atoms with Crippen LogP contribution in [0, 0.1) is 6.92 Å². The van der Waals surface area contributed by atoms with Gasteiger partial charge >= 0.3 is 0 Å². The molecule has 0 saturated heterocycles. The lowest BCUT2D eigenvalue weighted by Gasteiger charge is -2.35. The van der Waals surface area contributed by atoms with Gasteiger partial charge in [-0.25, -0.2) is 0 Å². The van der Waals surface area contributed by atoms with Crippen molar-refractivity contribution in [3.8, 4) is 5.75 Å². The highest BCUT2D eigenvalue weighted by molar-refractivity contribution is 6.32. The zero-order chi connectivity index (χ0) is 15.9. The van der Waals surface area contributed by atoms with Crippen LogP contribution in [0.15, 0.2) is 24.4 Å². The molecular weight excluding hydrogens is 302 g/mol. The van der Waals surface area contributed by atoms with Gasteiger partial charge in [0.15, 0.2) is 5.75 Å². The van der Waals surface area contributed by atoms with E-state index in [-0.39, 0.29) is 12.0 Å². The Hall–Kier alpha value is -2.01. The van der Waals surface area contributed by atoms with Crippen LogP contribution in [0.4, 0.5) is 5.69 Å². The van der Waals surface area contributed by atoms with Gasteiger partial charge in [-0.2, -0.15) is 5.10 Å². The van der Waals surface area contributed by atoms with Crippen molar-refractivity contribution >= 4 is 23.2 Å². The fraction of sp³-hybridized carbons (Fsp3) is 0.375. The minimum absolute atomic E-state index is 0.0649. The quantitative estimate of drug-likeness (QED) is 0.854. The predicted molar refractivity (Wildman–Crippen MR) is 85.8 cm³/mol. The van der Waals surface area contributed by atoms with Crippen LogP contribution in [0.3, 0.4) is 0 Å². The summed E-state index contributed by atoms with van der Waals surface area (Å²) in [5, 5.41) is 4.68. The lowest BCUT2D eigenvalue weighted by Crippen LogP contribution is -2.44. The first kappa shape index (κ1) is 14.9. The number of amides is 1. The van der Waals surface area contributed by atoms with Crippen molar-refractivity contribution in [3.63, 3.8) is 0 Å². The van der Waals surface area contributed by atoms with E-state index >= 15 is 0 Å². The zero-order valence-electron chi connectivity index (χ0n) is 12.8. The Morgan fingerprint density at radius 1 is 1.50 bits per heavy atom. The Balaban J connectivity index is 2.07. The largest absolute Gasteiger partial charge is 0.485 e. The second kappa shape index (κ2) is 5.65. The molecule has 2 heterocycles. The van der Waals surface area contributed by atoms with Crippen LogP contribution in [-0.2, 0) is 7.05 Å². The molecule has 0 radical (unpaired) electrons. The van der Waals surface area contributed by atoms with Crippen molar-refractivity contribution in [2.75, 3.05) is 11.4 Å². The van der Waals surface area contributed by atoms with Crippen molar-refractivity contribution in [1.29, 1.82) is 0 Å². The molecule has 116 valence electrons. The third-order valence-electron chi connectivity index (χ3n) is 3.93. The summed E-state index contributed by atoms with van der Waals surface area (Å²) in [5.41, 5.74) is 2.15. The molecule has 1 unspecified atom stereocenters. The number of para-hydroxylation sites is 1. The zero-order valence-corrected chi connectivity index (χ0v) is 13.6. The van der Waals surface area contributed by atoms with E-state index < -0.39 is 0 Å². The molecule has 22 heavy (non-hydrogen) atoms. The number of fused-ring (bicyclic) bond motifs is 1. The maximum absolute atomic E-state index is 13.0. The lowest BCUT2D eigenvalue weighted by atomic mass is 10.1. The molecular formula is C16H18ClN3O2. The molecule has 0 aliphatic carbocycles. The number of anilines is 1. The number of aryl methyl sites for hydroxylation is 2. The molecule has 6 heteroatoms. The van der Waals surface area contributed by atoms with Gasteiger partial charge < -0.3 is 4.74 Å². The third-order valence-corrected chi connectivity index (χ3v) is 4.23. The Kier molecular flexibility index (Phi) is 3.83. The predicted octanol–water partition coefficient (Wildman–Crippen LogP) is 3.20. The Bertz CT molecular complexity index is 707. The van der Waals surface area contributed by atoms with Gasteiger partial charge in [-0.05, 0) is 31.0 Å². The van der Waals surface area contributed by atoms with Gasteiger partial charge in [0.1, 0.15) is 11.8 Å². The van der Waals surface area contributed by atoms with Gasteiger partial charge in [0, 0.05) is 7.05 Å². The minimum atomic E-state index is -0.0808. The van der Waals surface area contributed by atoms with E-state index in [1.807, 2.05) is 26.0 Å². The molecule has 0 N–H and O–H groups in total. The maximum atomic E-state index is 13.0. The SMILES string of the molecule is CCC1CN(C(=O)c2c(C)cnn2C)c2cccc(Cl)c2O1. The lowest BCUT2D eigenvalue weighted by molar-refractivity contribution is 0.0945. The molecule has 1 amide bonds. The van der Waals surface area contributed by atoms with Gasteiger partial charge in [0.05, 0.1) is 23.5 Å². The van der Waals surface area contributed by atoms with Crippen LogP contribution < -0.4 is 9.64 Å². The van der Waals surface area contributed by atoms with Gasteiger partial charge in [0.2, 0.25) is 0 Å². The molecule has 0 fully saturated rings. The number of nitrogens with zero attached hydrogens (tertiary/aromatic N) is 3. The van der Waals surface area contributed by atoms with Gasteiger partial charge in [-0.3, -0.25) is 14.4 Å². The second-order valence-corrected chi connectivity index (χ2v) is 5.86. The first-order chi connectivity index (χ1) is 10.5. The average molecular weight is 320 g/mol. The summed E-state index contributed by atoms with van der Waals surface area (Å²) in [5.74, 6) is 0.498. The van der Waals surface area contributed by atoms with Crippen molar-refractivity contribution in [3.05, 3.63) is 40.7 Å². The topological polar surface area (TPSA) is 47.4 Å². The Morgan fingerprint density at radius 3 is 2.91 bits per heavy atom. The van der Waals surface area contributed by atoms with Crippen molar-refractivity contribution in [2.24, 2.45) is 7.05 Å². The summed E-state index contributed by atoms with van der Waals surface area (Å²) in [6.45, 7) is 4.43. The Morgan fingerprint density at radius 2 is 2.27 bits per heavy atom. The van der Waals surface area contributed by atoms with Crippen LogP contribution in [-0.4, -0.2) is 28.3 Å². The number of rotatable bonds is 2. The summed E-state index contributed by atoms with van der Waals surface area (Å²) < 4.78 is 7.53. The molecule has 2 aromatic rings. The number of benzene rings is 1. The van der Waals surface area contributed by atoms with Gasteiger partial charge in [0.25, 0.3) is 5.91 Å². The number of carbonyl (C=O) groups is 1. The highest BCUT2D eigenvalue weighted by Gasteiger charge is 2.32. The van der Waals surface area contributed by atoms with E-state index in [4.69, 9.17) is 16.3 Å². The highest BCUT2D eigenvalue weighted by Crippen LogP contribution is 2.40. The average Bonchev–Trinajstić information content (AvgIpc) is 2.85.